The van der Waals surface area contributed by atoms with Crippen LogP contribution in [0.1, 0.15) is 18.5 Å². The number of hydrogen-bond acceptors (Lipinski definition) is 4. The maximum Gasteiger partial charge on any atom is 0.152 e. The predicted octanol–water partition coefficient (Wildman–Crippen LogP) is 1.77. The van der Waals surface area contributed by atoms with Crippen molar-refractivity contribution in [3.8, 4) is 0 Å². The van der Waals surface area contributed by atoms with Gasteiger partial charge in [0.05, 0.1) is 18.5 Å². The Morgan fingerprint density at radius 2 is 1.95 bits per heavy atom. The predicted molar refractivity (Wildman–Crippen MR) is 84.1 cm³/mol. The molecule has 0 atom stereocenters. The van der Waals surface area contributed by atoms with Crippen molar-refractivity contribution in [2.45, 2.75) is 25.3 Å². The first-order valence-electron chi connectivity index (χ1n) is 7.55. The molecule has 110 valence electrons. The average Bonchev–Trinajstić information content (AvgIpc) is 2.49. The van der Waals surface area contributed by atoms with E-state index in [1.54, 1.807) is 0 Å². The monoisotopic (exact) mass is 283 g/mol. The summed E-state index contributed by atoms with van der Waals surface area (Å²) in [4.78, 5) is 18.9. The highest BCUT2D eigenvalue weighted by Crippen LogP contribution is 2.13. The number of pyridine rings is 1. The highest BCUT2D eigenvalue weighted by Gasteiger charge is 2.18. The Bertz CT molecular complexity index is 633. The third-order valence-corrected chi connectivity index (χ3v) is 4.07. The molecule has 0 radical (unpaired) electrons. The fourth-order valence-corrected chi connectivity index (χ4v) is 2.83. The first kappa shape index (κ1) is 14.2. The molecule has 1 aromatic heterocycles. The number of hydrogen-bond donors (Lipinski definition) is 1. The average molecular weight is 283 g/mol. The SMILES string of the molecule is NC1CCN(CC(=O)Cc2ccc3ccccc3n2)CC1. The number of ketones is 1. The van der Waals surface area contributed by atoms with Crippen LogP contribution in [0.2, 0.25) is 0 Å². The zero-order chi connectivity index (χ0) is 14.7. The largest absolute Gasteiger partial charge is 0.328 e. The number of fused-ring (bicyclic) bond motifs is 1. The molecular formula is C17H21N3O. The first-order valence-corrected chi connectivity index (χ1v) is 7.55. The number of nitrogens with two attached hydrogens (primary N) is 1. The van der Waals surface area contributed by atoms with Crippen LogP contribution in [-0.4, -0.2) is 41.3 Å². The Labute approximate surface area is 125 Å². The van der Waals surface area contributed by atoms with E-state index < -0.39 is 0 Å². The Morgan fingerprint density at radius 3 is 2.76 bits per heavy atom. The summed E-state index contributed by atoms with van der Waals surface area (Å²) < 4.78 is 0. The van der Waals surface area contributed by atoms with E-state index in [1.165, 1.54) is 0 Å². The van der Waals surface area contributed by atoms with Crippen LogP contribution in [0.4, 0.5) is 0 Å². The Hall–Kier alpha value is -1.78. The molecule has 0 spiro atoms. The van der Waals surface area contributed by atoms with E-state index in [0.717, 1.165) is 42.5 Å². The molecule has 0 saturated carbocycles. The second-order valence-corrected chi connectivity index (χ2v) is 5.82. The van der Waals surface area contributed by atoms with Crippen LogP contribution in [0.25, 0.3) is 10.9 Å². The molecule has 1 fully saturated rings. The number of rotatable bonds is 4. The summed E-state index contributed by atoms with van der Waals surface area (Å²) in [6.07, 6.45) is 2.39. The molecule has 2 N–H and O–H groups in total. The van der Waals surface area contributed by atoms with Gasteiger partial charge >= 0.3 is 0 Å². The summed E-state index contributed by atoms with van der Waals surface area (Å²) in [6.45, 7) is 2.37. The molecule has 4 nitrogen and oxygen atoms in total. The van der Waals surface area contributed by atoms with E-state index >= 15 is 0 Å². The minimum atomic E-state index is 0.230. The van der Waals surface area contributed by atoms with Crippen molar-refractivity contribution in [2.24, 2.45) is 5.73 Å². The number of carbonyl (C=O) groups is 1. The summed E-state index contributed by atoms with van der Waals surface area (Å²) >= 11 is 0. The number of piperidine rings is 1. The first-order chi connectivity index (χ1) is 10.2. The maximum atomic E-state index is 12.2. The van der Waals surface area contributed by atoms with E-state index in [4.69, 9.17) is 5.73 Å². The van der Waals surface area contributed by atoms with Crippen LogP contribution in [0.15, 0.2) is 36.4 Å². The number of nitrogens with zero attached hydrogens (tertiary/aromatic N) is 2. The number of benzene rings is 1. The lowest BCUT2D eigenvalue weighted by Gasteiger charge is -2.29. The van der Waals surface area contributed by atoms with Crippen molar-refractivity contribution in [1.29, 1.82) is 0 Å². The lowest BCUT2D eigenvalue weighted by atomic mass is 10.1. The van der Waals surface area contributed by atoms with E-state index in [0.29, 0.717) is 19.0 Å². The zero-order valence-electron chi connectivity index (χ0n) is 12.2. The van der Waals surface area contributed by atoms with Crippen LogP contribution in [-0.2, 0) is 11.2 Å². The van der Waals surface area contributed by atoms with E-state index in [1.807, 2.05) is 36.4 Å². The molecule has 3 rings (SSSR count). The van der Waals surface area contributed by atoms with E-state index in [-0.39, 0.29) is 5.78 Å². The molecule has 0 unspecified atom stereocenters. The Balaban J connectivity index is 1.60. The van der Waals surface area contributed by atoms with Crippen LogP contribution >= 0.6 is 0 Å². The maximum absolute atomic E-state index is 12.2. The number of likely N-dealkylation sites (tertiary alicyclic amines) is 1. The van der Waals surface area contributed by atoms with E-state index in [9.17, 15) is 4.79 Å². The third kappa shape index (κ3) is 3.65. The number of aromatic nitrogens is 1. The lowest BCUT2D eigenvalue weighted by molar-refractivity contribution is -0.119. The van der Waals surface area contributed by atoms with Gasteiger partial charge in [-0.1, -0.05) is 24.3 Å². The summed E-state index contributed by atoms with van der Waals surface area (Å²) in [6, 6.07) is 12.3. The normalized spacial score (nSPS) is 17.2. The molecule has 4 heteroatoms. The number of carbonyl (C=O) groups excluding carboxylic acids is 1. The van der Waals surface area contributed by atoms with Crippen LogP contribution in [0.5, 0.6) is 0 Å². The lowest BCUT2D eigenvalue weighted by Crippen LogP contribution is -2.42. The van der Waals surface area contributed by atoms with Gasteiger partial charge in [0.25, 0.3) is 0 Å². The molecule has 0 amide bonds. The molecule has 1 aromatic carbocycles. The van der Waals surface area contributed by atoms with Crippen LogP contribution < -0.4 is 5.73 Å². The molecule has 1 saturated heterocycles. The van der Waals surface area contributed by atoms with Crippen molar-refractivity contribution < 1.29 is 4.79 Å². The van der Waals surface area contributed by atoms with Crippen LogP contribution in [0, 0.1) is 0 Å². The molecule has 2 heterocycles. The minimum absolute atomic E-state index is 0.230. The standard InChI is InChI=1S/C17H21N3O/c18-14-7-9-20(10-8-14)12-16(21)11-15-6-5-13-3-1-2-4-17(13)19-15/h1-6,14H,7-12,18H2. The van der Waals surface area contributed by atoms with Gasteiger partial charge in [-0.25, -0.2) is 0 Å². The highest BCUT2D eigenvalue weighted by molar-refractivity contribution is 5.84. The van der Waals surface area contributed by atoms with Gasteiger partial charge in [-0.3, -0.25) is 14.7 Å². The summed E-state index contributed by atoms with van der Waals surface area (Å²) in [7, 11) is 0. The number of Topliss-reactive ketones (excluding diaryl/α,β-unsaturated/α-hetero) is 1. The second kappa shape index (κ2) is 6.33. The van der Waals surface area contributed by atoms with E-state index in [2.05, 4.69) is 9.88 Å². The quantitative estimate of drug-likeness (QED) is 0.929. The molecular weight excluding hydrogens is 262 g/mol. The van der Waals surface area contributed by atoms with Gasteiger partial charge in [-0.15, -0.1) is 0 Å². The van der Waals surface area contributed by atoms with Crippen molar-refractivity contribution in [1.82, 2.24) is 9.88 Å². The van der Waals surface area contributed by atoms with Crippen LogP contribution in [0.3, 0.4) is 0 Å². The van der Waals surface area contributed by atoms with Crippen molar-refractivity contribution >= 4 is 16.7 Å². The molecule has 21 heavy (non-hydrogen) atoms. The highest BCUT2D eigenvalue weighted by atomic mass is 16.1. The fraction of sp³-hybridized carbons (Fsp3) is 0.412. The molecule has 0 aliphatic carbocycles. The van der Waals surface area contributed by atoms with Crippen molar-refractivity contribution in [2.75, 3.05) is 19.6 Å². The molecule has 1 aliphatic heterocycles. The topological polar surface area (TPSA) is 59.2 Å². The van der Waals surface area contributed by atoms with Gasteiger partial charge in [0.2, 0.25) is 0 Å². The zero-order valence-corrected chi connectivity index (χ0v) is 12.2. The fourth-order valence-electron chi connectivity index (χ4n) is 2.83. The summed E-state index contributed by atoms with van der Waals surface area (Å²) in [5.74, 6) is 0.230. The summed E-state index contributed by atoms with van der Waals surface area (Å²) in [5, 5.41) is 1.11. The van der Waals surface area contributed by atoms with Gasteiger partial charge < -0.3 is 5.73 Å². The van der Waals surface area contributed by atoms with Gasteiger partial charge in [0, 0.05) is 30.2 Å². The molecule has 2 aromatic rings. The third-order valence-electron chi connectivity index (χ3n) is 4.07. The van der Waals surface area contributed by atoms with Gasteiger partial charge in [0.1, 0.15) is 0 Å². The van der Waals surface area contributed by atoms with Crippen molar-refractivity contribution in [3.63, 3.8) is 0 Å². The minimum Gasteiger partial charge on any atom is -0.328 e. The summed E-state index contributed by atoms with van der Waals surface area (Å²) in [5.41, 5.74) is 7.69. The second-order valence-electron chi connectivity index (χ2n) is 5.82. The van der Waals surface area contributed by atoms with Crippen molar-refractivity contribution in [3.05, 3.63) is 42.1 Å². The Morgan fingerprint density at radius 1 is 1.19 bits per heavy atom. The van der Waals surface area contributed by atoms with Gasteiger partial charge in [-0.2, -0.15) is 0 Å². The van der Waals surface area contributed by atoms with Gasteiger partial charge in [-0.05, 0) is 25.0 Å². The molecule has 0 bridgehead atoms. The number of para-hydroxylation sites is 1. The smallest absolute Gasteiger partial charge is 0.152 e. The molecule has 1 aliphatic rings. The van der Waals surface area contributed by atoms with Gasteiger partial charge in [0.15, 0.2) is 5.78 Å². The Kier molecular flexibility index (Phi) is 4.27.